The number of carboxylic acid groups (broad SMARTS) is 1. The van der Waals surface area contributed by atoms with E-state index in [1.165, 1.54) is 6.20 Å². The Morgan fingerprint density at radius 2 is 2.29 bits per heavy atom. The number of pyridine rings is 1. The molecule has 4 heteroatoms. The summed E-state index contributed by atoms with van der Waals surface area (Å²) in [6, 6.07) is 0. The molecule has 0 saturated carbocycles. The lowest BCUT2D eigenvalue weighted by atomic mass is 10.2. The molecule has 4 nitrogen and oxygen atoms in total. The summed E-state index contributed by atoms with van der Waals surface area (Å²) < 4.78 is 5.36. The number of nitrogens with zero attached hydrogens (tertiary/aromatic N) is 1. The fourth-order valence-corrected chi connectivity index (χ4v) is 1.10. The molecule has 0 radical (unpaired) electrons. The minimum Gasteiger partial charge on any atom is -0.492 e. The van der Waals surface area contributed by atoms with Crippen LogP contribution in [0.25, 0.3) is 0 Å². The second-order valence-electron chi connectivity index (χ2n) is 2.99. The molecule has 1 N–H and O–H groups in total. The normalized spacial score (nSPS) is 9.86. The Morgan fingerprint density at radius 3 is 2.86 bits per heavy atom. The first kappa shape index (κ1) is 10.5. The van der Waals surface area contributed by atoms with E-state index in [0.29, 0.717) is 12.4 Å². The van der Waals surface area contributed by atoms with Gasteiger partial charge in [0.1, 0.15) is 11.3 Å². The third-order valence-corrected chi connectivity index (χ3v) is 1.76. The summed E-state index contributed by atoms with van der Waals surface area (Å²) in [5, 5.41) is 8.87. The van der Waals surface area contributed by atoms with Crippen molar-refractivity contribution in [2.24, 2.45) is 0 Å². The van der Waals surface area contributed by atoms with Gasteiger partial charge in [0.25, 0.3) is 0 Å². The van der Waals surface area contributed by atoms with Crippen molar-refractivity contribution in [2.45, 2.75) is 20.3 Å². The number of hydrogen-bond acceptors (Lipinski definition) is 3. The first-order valence-electron chi connectivity index (χ1n) is 4.47. The van der Waals surface area contributed by atoms with Gasteiger partial charge in [0, 0.05) is 18.0 Å². The number of aromatic nitrogens is 1. The minimum atomic E-state index is -1.01. The molecule has 0 unspecified atom stereocenters. The second-order valence-corrected chi connectivity index (χ2v) is 2.99. The van der Waals surface area contributed by atoms with E-state index < -0.39 is 5.97 Å². The van der Waals surface area contributed by atoms with Crippen LogP contribution in [0.5, 0.6) is 5.75 Å². The van der Waals surface area contributed by atoms with Crippen LogP contribution in [0.3, 0.4) is 0 Å². The minimum absolute atomic E-state index is 0.124. The van der Waals surface area contributed by atoms with Gasteiger partial charge in [-0.3, -0.25) is 4.98 Å². The van der Waals surface area contributed by atoms with Crippen LogP contribution in [0.2, 0.25) is 0 Å². The van der Waals surface area contributed by atoms with E-state index >= 15 is 0 Å². The highest BCUT2D eigenvalue weighted by molar-refractivity contribution is 5.90. The van der Waals surface area contributed by atoms with E-state index in [0.717, 1.165) is 12.0 Å². The third kappa shape index (κ3) is 2.22. The summed E-state index contributed by atoms with van der Waals surface area (Å²) in [6.07, 6.45) is 3.75. The summed E-state index contributed by atoms with van der Waals surface area (Å²) in [5.41, 5.74) is 0.872. The van der Waals surface area contributed by atoms with Gasteiger partial charge in [-0.1, -0.05) is 6.92 Å². The van der Waals surface area contributed by atoms with Gasteiger partial charge in [-0.05, 0) is 13.3 Å². The number of carboxylic acids is 1. The highest BCUT2D eigenvalue weighted by Gasteiger charge is 2.13. The van der Waals surface area contributed by atoms with Gasteiger partial charge in [-0.2, -0.15) is 0 Å². The van der Waals surface area contributed by atoms with Gasteiger partial charge >= 0.3 is 5.97 Å². The zero-order valence-corrected chi connectivity index (χ0v) is 8.28. The largest absolute Gasteiger partial charge is 0.492 e. The van der Waals surface area contributed by atoms with Crippen LogP contribution in [0.4, 0.5) is 0 Å². The number of rotatable bonds is 4. The first-order valence-corrected chi connectivity index (χ1v) is 4.47. The van der Waals surface area contributed by atoms with Crippen molar-refractivity contribution in [1.29, 1.82) is 0 Å². The molecule has 0 amide bonds. The zero-order valence-electron chi connectivity index (χ0n) is 8.28. The van der Waals surface area contributed by atoms with E-state index in [9.17, 15) is 4.79 Å². The number of aryl methyl sites for hydroxylation is 1. The van der Waals surface area contributed by atoms with Gasteiger partial charge in [0.15, 0.2) is 0 Å². The number of hydrogen-bond donors (Lipinski definition) is 1. The van der Waals surface area contributed by atoms with Crippen LogP contribution in [0.1, 0.15) is 29.3 Å². The quantitative estimate of drug-likeness (QED) is 0.796. The molecule has 0 aliphatic carbocycles. The molecule has 0 fully saturated rings. The smallest absolute Gasteiger partial charge is 0.341 e. The molecule has 1 rings (SSSR count). The number of carbonyl (C=O) groups is 1. The van der Waals surface area contributed by atoms with Crippen molar-refractivity contribution in [2.75, 3.05) is 6.61 Å². The second kappa shape index (κ2) is 4.60. The summed E-state index contributed by atoms with van der Waals surface area (Å²) in [4.78, 5) is 14.6. The Kier molecular flexibility index (Phi) is 3.45. The first-order chi connectivity index (χ1) is 6.66. The van der Waals surface area contributed by atoms with Crippen LogP contribution in [-0.2, 0) is 0 Å². The lowest BCUT2D eigenvalue weighted by molar-refractivity contribution is 0.0691. The highest BCUT2D eigenvalue weighted by atomic mass is 16.5. The standard InChI is InChI=1S/C10H13NO3/c1-3-4-14-9-7(2)5-11-6-8(9)10(12)13/h5-6H,3-4H2,1-2H3,(H,12,13). The van der Waals surface area contributed by atoms with E-state index in [2.05, 4.69) is 4.98 Å². The molecule has 14 heavy (non-hydrogen) atoms. The van der Waals surface area contributed by atoms with E-state index in [4.69, 9.17) is 9.84 Å². The molecule has 0 atom stereocenters. The van der Waals surface area contributed by atoms with E-state index in [-0.39, 0.29) is 5.56 Å². The molecule has 0 bridgehead atoms. The van der Waals surface area contributed by atoms with Gasteiger partial charge in [-0.15, -0.1) is 0 Å². The Balaban J connectivity index is 3.02. The molecule has 0 aliphatic heterocycles. The molecular formula is C10H13NO3. The van der Waals surface area contributed by atoms with E-state index in [1.807, 2.05) is 6.92 Å². The fraction of sp³-hybridized carbons (Fsp3) is 0.400. The van der Waals surface area contributed by atoms with Crippen molar-refractivity contribution in [3.8, 4) is 5.75 Å². The topological polar surface area (TPSA) is 59.4 Å². The maximum absolute atomic E-state index is 10.8. The van der Waals surface area contributed by atoms with Gasteiger partial charge in [0.05, 0.1) is 6.61 Å². The van der Waals surface area contributed by atoms with Gasteiger partial charge < -0.3 is 9.84 Å². The van der Waals surface area contributed by atoms with Gasteiger partial charge in [0.2, 0.25) is 0 Å². The summed E-state index contributed by atoms with van der Waals surface area (Å²) in [7, 11) is 0. The van der Waals surface area contributed by atoms with Crippen LogP contribution in [-0.4, -0.2) is 22.7 Å². The number of aromatic carboxylic acids is 1. The molecule has 1 aromatic rings. The molecule has 76 valence electrons. The summed E-state index contributed by atoms with van der Waals surface area (Å²) in [5.74, 6) is -0.582. The highest BCUT2D eigenvalue weighted by Crippen LogP contribution is 2.22. The Hall–Kier alpha value is -1.58. The average Bonchev–Trinajstić information content (AvgIpc) is 2.15. The monoisotopic (exact) mass is 195 g/mol. The van der Waals surface area contributed by atoms with E-state index in [1.54, 1.807) is 13.1 Å². The predicted octanol–water partition coefficient (Wildman–Crippen LogP) is 1.88. The molecule has 0 saturated heterocycles. The van der Waals surface area contributed by atoms with Crippen molar-refractivity contribution in [3.05, 3.63) is 23.5 Å². The van der Waals surface area contributed by atoms with Crippen molar-refractivity contribution in [1.82, 2.24) is 4.98 Å². The lowest BCUT2D eigenvalue weighted by Gasteiger charge is -2.09. The molecule has 1 heterocycles. The maximum Gasteiger partial charge on any atom is 0.341 e. The maximum atomic E-state index is 10.8. The third-order valence-electron chi connectivity index (χ3n) is 1.76. The van der Waals surface area contributed by atoms with Crippen LogP contribution >= 0.6 is 0 Å². The molecule has 1 aromatic heterocycles. The van der Waals surface area contributed by atoms with Crippen molar-refractivity contribution < 1.29 is 14.6 Å². The van der Waals surface area contributed by atoms with Gasteiger partial charge in [-0.25, -0.2) is 4.79 Å². The average molecular weight is 195 g/mol. The zero-order chi connectivity index (χ0) is 10.6. The Morgan fingerprint density at radius 1 is 1.57 bits per heavy atom. The summed E-state index contributed by atoms with van der Waals surface area (Å²) in [6.45, 7) is 4.27. The molecule has 0 aliphatic rings. The fourth-order valence-electron chi connectivity index (χ4n) is 1.10. The molecule has 0 aromatic carbocycles. The van der Waals surface area contributed by atoms with Crippen LogP contribution < -0.4 is 4.74 Å². The predicted molar refractivity (Wildman–Crippen MR) is 51.7 cm³/mol. The van der Waals surface area contributed by atoms with Crippen LogP contribution in [0.15, 0.2) is 12.4 Å². The van der Waals surface area contributed by atoms with Crippen molar-refractivity contribution in [3.63, 3.8) is 0 Å². The summed E-state index contributed by atoms with van der Waals surface area (Å²) >= 11 is 0. The SMILES string of the molecule is CCCOc1c(C)cncc1C(=O)O. The Labute approximate surface area is 82.5 Å². The Bertz CT molecular complexity index is 336. The van der Waals surface area contributed by atoms with Crippen LogP contribution in [0, 0.1) is 6.92 Å². The molecule has 0 spiro atoms. The molecular weight excluding hydrogens is 182 g/mol. The van der Waals surface area contributed by atoms with Crippen molar-refractivity contribution >= 4 is 5.97 Å². The number of ether oxygens (including phenoxy) is 1. The lowest BCUT2D eigenvalue weighted by Crippen LogP contribution is -2.06.